The lowest BCUT2D eigenvalue weighted by atomic mass is 9.95. The van der Waals surface area contributed by atoms with Crippen LogP contribution < -0.4 is 5.32 Å². The molecule has 0 spiro atoms. The van der Waals surface area contributed by atoms with Crippen LogP contribution in [0.5, 0.6) is 0 Å². The number of aliphatic imine (C=N–C) groups is 1. The molecule has 20 heavy (non-hydrogen) atoms. The number of rotatable bonds is 6. The van der Waals surface area contributed by atoms with Crippen LogP contribution in [0.2, 0.25) is 0 Å². The topological polar surface area (TPSA) is 94.3 Å². The highest BCUT2D eigenvalue weighted by molar-refractivity contribution is 8.14. The molecule has 0 aliphatic carbocycles. The maximum atomic E-state index is 10.2. The number of thioether (sulfide) groups is 1. The van der Waals surface area contributed by atoms with Gasteiger partial charge in [-0.05, 0) is 25.7 Å². The Morgan fingerprint density at radius 2 is 2.10 bits per heavy atom. The van der Waals surface area contributed by atoms with Crippen LogP contribution in [0, 0.1) is 0 Å². The van der Waals surface area contributed by atoms with Crippen molar-refractivity contribution in [3.05, 3.63) is 0 Å². The second-order valence-electron chi connectivity index (χ2n) is 5.21. The van der Waals surface area contributed by atoms with Crippen LogP contribution in [-0.2, 0) is 4.74 Å². The fraction of sp³-hybridized carbons (Fsp3) is 0.923. The molecular weight excluding hydrogens is 280 g/mol. The maximum absolute atomic E-state index is 10.2. The van der Waals surface area contributed by atoms with Gasteiger partial charge in [0.05, 0.1) is 6.10 Å². The molecule has 116 valence electrons. The summed E-state index contributed by atoms with van der Waals surface area (Å²) < 4.78 is 5.87. The van der Waals surface area contributed by atoms with Crippen molar-refractivity contribution in [2.24, 2.45) is 4.99 Å². The minimum absolute atomic E-state index is 0.139. The summed E-state index contributed by atoms with van der Waals surface area (Å²) in [5.74, 6) is 0. The number of hydrogen-bond acceptors (Lipinski definition) is 7. The van der Waals surface area contributed by atoms with E-state index in [2.05, 4.69) is 17.2 Å². The first-order valence-corrected chi connectivity index (χ1v) is 8.16. The summed E-state index contributed by atoms with van der Waals surface area (Å²) in [6.07, 6.45) is 0.918. The monoisotopic (exact) mass is 304 g/mol. The Morgan fingerprint density at radius 3 is 2.80 bits per heavy atom. The zero-order chi connectivity index (χ0) is 14.5. The molecule has 2 aliphatic heterocycles. The van der Waals surface area contributed by atoms with Crippen molar-refractivity contribution >= 4 is 16.9 Å². The van der Waals surface area contributed by atoms with E-state index in [9.17, 15) is 10.2 Å². The SMILES string of the molecule is CCCNC1=N[C@@H]2[C@@H](O)[C@H](O)[C@@H](CCCCO)O[C@@H]2S1. The van der Waals surface area contributed by atoms with Crippen molar-refractivity contribution in [2.45, 2.75) is 62.4 Å². The molecule has 1 saturated heterocycles. The minimum Gasteiger partial charge on any atom is -0.396 e. The summed E-state index contributed by atoms with van der Waals surface area (Å²) in [6, 6.07) is -0.400. The van der Waals surface area contributed by atoms with E-state index in [1.807, 2.05) is 0 Å². The number of hydrogen-bond donors (Lipinski definition) is 4. The first kappa shape index (κ1) is 16.0. The molecule has 0 aromatic heterocycles. The quantitative estimate of drug-likeness (QED) is 0.519. The average Bonchev–Trinajstić information content (AvgIpc) is 2.85. The molecule has 2 aliphatic rings. The highest BCUT2D eigenvalue weighted by Crippen LogP contribution is 2.36. The van der Waals surface area contributed by atoms with E-state index in [1.165, 1.54) is 11.8 Å². The number of fused-ring (bicyclic) bond motifs is 1. The Balaban J connectivity index is 1.91. The molecule has 0 saturated carbocycles. The van der Waals surface area contributed by atoms with Gasteiger partial charge in [0.1, 0.15) is 23.7 Å². The molecule has 0 radical (unpaired) electrons. The Bertz CT molecular complexity index is 342. The van der Waals surface area contributed by atoms with Crippen LogP contribution in [0.4, 0.5) is 0 Å². The Morgan fingerprint density at radius 1 is 1.30 bits per heavy atom. The van der Waals surface area contributed by atoms with Crippen LogP contribution in [0.15, 0.2) is 4.99 Å². The largest absolute Gasteiger partial charge is 0.396 e. The number of ether oxygens (including phenoxy) is 1. The van der Waals surface area contributed by atoms with Gasteiger partial charge in [-0.3, -0.25) is 4.99 Å². The lowest BCUT2D eigenvalue weighted by Gasteiger charge is -2.38. The molecule has 5 atom stereocenters. The standard InChI is InChI=1S/C13H24N2O4S/c1-2-6-14-13-15-9-11(18)10(17)8(5-3-4-7-16)19-12(9)20-13/h8-12,16-18H,2-7H2,1H3,(H,14,15)/t8-,9-,10-,11-,12-/m1/s1. The smallest absolute Gasteiger partial charge is 0.159 e. The summed E-state index contributed by atoms with van der Waals surface area (Å²) in [6.45, 7) is 3.05. The summed E-state index contributed by atoms with van der Waals surface area (Å²) in [7, 11) is 0. The molecule has 7 heteroatoms. The molecule has 0 aromatic carbocycles. The molecule has 0 amide bonds. The third kappa shape index (κ3) is 3.65. The van der Waals surface area contributed by atoms with E-state index in [0.717, 1.165) is 24.6 Å². The predicted molar refractivity (Wildman–Crippen MR) is 78.7 cm³/mol. The van der Waals surface area contributed by atoms with E-state index in [1.54, 1.807) is 0 Å². The lowest BCUT2D eigenvalue weighted by Crippen LogP contribution is -2.54. The van der Waals surface area contributed by atoms with Gasteiger partial charge in [-0.2, -0.15) is 0 Å². The Labute approximate surface area is 123 Å². The number of aliphatic hydroxyl groups is 3. The van der Waals surface area contributed by atoms with Crippen LogP contribution in [0.1, 0.15) is 32.6 Å². The van der Waals surface area contributed by atoms with Gasteiger partial charge in [-0.1, -0.05) is 18.7 Å². The number of nitrogens with zero attached hydrogens (tertiary/aromatic N) is 1. The normalized spacial score (nSPS) is 36.6. The fourth-order valence-corrected chi connectivity index (χ4v) is 3.59. The fourth-order valence-electron chi connectivity index (χ4n) is 2.44. The number of amidine groups is 1. The van der Waals surface area contributed by atoms with Gasteiger partial charge in [0.15, 0.2) is 5.17 Å². The lowest BCUT2D eigenvalue weighted by molar-refractivity contribution is -0.155. The van der Waals surface area contributed by atoms with Crippen molar-refractivity contribution in [1.82, 2.24) is 5.32 Å². The first-order chi connectivity index (χ1) is 9.67. The van der Waals surface area contributed by atoms with E-state index in [-0.39, 0.29) is 18.1 Å². The zero-order valence-corrected chi connectivity index (χ0v) is 12.6. The zero-order valence-electron chi connectivity index (χ0n) is 11.7. The molecule has 6 nitrogen and oxygen atoms in total. The predicted octanol–water partition coefficient (Wildman–Crippen LogP) is 0.0667. The van der Waals surface area contributed by atoms with Crippen molar-refractivity contribution in [3.8, 4) is 0 Å². The van der Waals surface area contributed by atoms with Crippen LogP contribution in [0.3, 0.4) is 0 Å². The van der Waals surface area contributed by atoms with E-state index in [0.29, 0.717) is 12.8 Å². The summed E-state index contributed by atoms with van der Waals surface area (Å²) in [5, 5.41) is 33.1. The van der Waals surface area contributed by atoms with Gasteiger partial charge in [0.25, 0.3) is 0 Å². The van der Waals surface area contributed by atoms with Crippen molar-refractivity contribution in [2.75, 3.05) is 13.2 Å². The molecule has 2 rings (SSSR count). The van der Waals surface area contributed by atoms with E-state index in [4.69, 9.17) is 9.84 Å². The Hall–Kier alpha value is -0.340. The van der Waals surface area contributed by atoms with E-state index >= 15 is 0 Å². The minimum atomic E-state index is -0.912. The second kappa shape index (κ2) is 7.61. The number of aliphatic hydroxyl groups excluding tert-OH is 3. The molecule has 1 fully saturated rings. The van der Waals surface area contributed by atoms with Gasteiger partial charge in [0.2, 0.25) is 0 Å². The third-order valence-electron chi connectivity index (χ3n) is 3.59. The molecule has 4 N–H and O–H groups in total. The highest BCUT2D eigenvalue weighted by atomic mass is 32.2. The van der Waals surface area contributed by atoms with Crippen molar-refractivity contribution in [3.63, 3.8) is 0 Å². The van der Waals surface area contributed by atoms with Crippen molar-refractivity contribution < 1.29 is 20.1 Å². The average molecular weight is 304 g/mol. The third-order valence-corrected chi connectivity index (χ3v) is 4.68. The van der Waals surface area contributed by atoms with Crippen molar-refractivity contribution in [1.29, 1.82) is 0 Å². The molecule has 0 unspecified atom stereocenters. The Kier molecular flexibility index (Phi) is 6.10. The van der Waals surface area contributed by atoms with Gasteiger partial charge in [0, 0.05) is 13.2 Å². The van der Waals surface area contributed by atoms with Gasteiger partial charge < -0.3 is 25.4 Å². The number of unbranched alkanes of at least 4 members (excludes halogenated alkanes) is 1. The first-order valence-electron chi connectivity index (χ1n) is 7.28. The maximum Gasteiger partial charge on any atom is 0.159 e. The van der Waals surface area contributed by atoms with E-state index < -0.39 is 18.2 Å². The van der Waals surface area contributed by atoms with Gasteiger partial charge in [-0.15, -0.1) is 0 Å². The molecular formula is C13H24N2O4S. The second-order valence-corrected chi connectivity index (χ2v) is 6.30. The summed E-state index contributed by atoms with van der Waals surface area (Å²) in [5.41, 5.74) is -0.230. The molecule has 2 heterocycles. The summed E-state index contributed by atoms with van der Waals surface area (Å²) >= 11 is 1.48. The van der Waals surface area contributed by atoms with Crippen LogP contribution >= 0.6 is 11.8 Å². The van der Waals surface area contributed by atoms with Crippen LogP contribution in [-0.4, -0.2) is 63.4 Å². The van der Waals surface area contributed by atoms with Crippen LogP contribution in [0.25, 0.3) is 0 Å². The summed E-state index contributed by atoms with van der Waals surface area (Å²) in [4.78, 5) is 4.40. The highest BCUT2D eigenvalue weighted by Gasteiger charge is 2.47. The molecule has 0 aromatic rings. The van der Waals surface area contributed by atoms with Gasteiger partial charge >= 0.3 is 0 Å². The van der Waals surface area contributed by atoms with Gasteiger partial charge in [-0.25, -0.2) is 0 Å². The molecule has 0 bridgehead atoms. The number of nitrogens with one attached hydrogen (secondary N) is 1.